The summed E-state index contributed by atoms with van der Waals surface area (Å²) in [5.74, 6) is -2.38. The molecule has 3 amide bonds. The van der Waals surface area contributed by atoms with Gasteiger partial charge in [0.15, 0.2) is 0 Å². The second-order valence-corrected chi connectivity index (χ2v) is 5.53. The minimum absolute atomic E-state index is 0.0356. The number of rotatable bonds is 2. The van der Waals surface area contributed by atoms with Crippen LogP contribution in [0.25, 0.3) is 0 Å². The van der Waals surface area contributed by atoms with Crippen molar-refractivity contribution in [1.82, 2.24) is 10.4 Å². The van der Waals surface area contributed by atoms with E-state index in [9.17, 15) is 19.2 Å². The maximum absolute atomic E-state index is 12.1. The molecular weight excluding hydrogens is 288 g/mol. The fourth-order valence-electron chi connectivity index (χ4n) is 2.67. The van der Waals surface area contributed by atoms with Gasteiger partial charge in [0.25, 0.3) is 11.8 Å². The summed E-state index contributed by atoms with van der Waals surface area (Å²) in [4.78, 5) is 52.7. The van der Waals surface area contributed by atoms with Crippen LogP contribution in [0, 0.1) is 5.92 Å². The highest BCUT2D eigenvalue weighted by molar-refractivity contribution is 6.20. The number of nitrogens with zero attached hydrogens (tertiary/aromatic N) is 1. The van der Waals surface area contributed by atoms with E-state index in [1.807, 2.05) is 6.92 Å². The molecule has 0 radical (unpaired) electrons. The molecule has 0 spiro atoms. The summed E-state index contributed by atoms with van der Waals surface area (Å²) in [6, 6.07) is 5.39. The zero-order chi connectivity index (χ0) is 15.9. The first-order valence-corrected chi connectivity index (χ1v) is 6.96. The molecule has 2 atom stereocenters. The van der Waals surface area contributed by atoms with Gasteiger partial charge in [0.1, 0.15) is 6.04 Å². The molecule has 1 N–H and O–H groups in total. The minimum Gasteiger partial charge on any atom is -0.343 e. The highest BCUT2D eigenvalue weighted by Crippen LogP contribution is 2.24. The number of fused-ring (bicyclic) bond motifs is 1. The Morgan fingerprint density at radius 1 is 1.18 bits per heavy atom. The van der Waals surface area contributed by atoms with E-state index in [1.54, 1.807) is 12.1 Å². The Hall–Kier alpha value is -2.70. The van der Waals surface area contributed by atoms with Crippen molar-refractivity contribution in [2.24, 2.45) is 5.92 Å². The normalized spacial score (nSPS) is 24.0. The molecular formula is C15H14N2O5. The second-order valence-electron chi connectivity index (χ2n) is 5.53. The monoisotopic (exact) mass is 302 g/mol. The number of hydrogen-bond donors (Lipinski definition) is 1. The van der Waals surface area contributed by atoms with Gasteiger partial charge in [-0.05, 0) is 24.5 Å². The van der Waals surface area contributed by atoms with Gasteiger partial charge in [-0.1, -0.05) is 24.1 Å². The van der Waals surface area contributed by atoms with Crippen LogP contribution >= 0.6 is 0 Å². The van der Waals surface area contributed by atoms with Gasteiger partial charge in [-0.25, -0.2) is 4.79 Å². The van der Waals surface area contributed by atoms with Crippen LogP contribution < -0.4 is 5.32 Å². The first-order valence-electron chi connectivity index (χ1n) is 6.96. The molecule has 1 aromatic carbocycles. The summed E-state index contributed by atoms with van der Waals surface area (Å²) in [7, 11) is 0. The Morgan fingerprint density at radius 3 is 2.32 bits per heavy atom. The number of carbonyl (C=O) groups is 4. The lowest BCUT2D eigenvalue weighted by Gasteiger charge is -2.26. The van der Waals surface area contributed by atoms with Crippen molar-refractivity contribution in [3.8, 4) is 0 Å². The molecule has 22 heavy (non-hydrogen) atoms. The molecule has 1 saturated heterocycles. The van der Waals surface area contributed by atoms with Crippen LogP contribution in [0.5, 0.6) is 0 Å². The van der Waals surface area contributed by atoms with Crippen molar-refractivity contribution in [2.75, 3.05) is 0 Å². The highest BCUT2D eigenvalue weighted by Gasteiger charge is 2.40. The van der Waals surface area contributed by atoms with Crippen molar-refractivity contribution in [3.63, 3.8) is 0 Å². The van der Waals surface area contributed by atoms with Crippen LogP contribution in [0.4, 0.5) is 0 Å². The van der Waals surface area contributed by atoms with E-state index in [4.69, 9.17) is 4.84 Å². The van der Waals surface area contributed by atoms with Crippen LogP contribution in [0.15, 0.2) is 24.3 Å². The topological polar surface area (TPSA) is 92.8 Å². The third kappa shape index (κ3) is 2.34. The van der Waals surface area contributed by atoms with Crippen LogP contribution in [0.1, 0.15) is 40.5 Å². The summed E-state index contributed by atoms with van der Waals surface area (Å²) < 4.78 is 0. The second kappa shape index (κ2) is 5.25. The average molecular weight is 302 g/mol. The first kappa shape index (κ1) is 14.2. The fraction of sp³-hybridized carbons (Fsp3) is 0.333. The van der Waals surface area contributed by atoms with E-state index in [-0.39, 0.29) is 23.0 Å². The Labute approximate surface area is 126 Å². The number of hydroxylamine groups is 2. The van der Waals surface area contributed by atoms with Gasteiger partial charge in [0, 0.05) is 6.42 Å². The number of amides is 3. The zero-order valence-electron chi connectivity index (χ0n) is 11.9. The van der Waals surface area contributed by atoms with E-state index in [1.165, 1.54) is 12.1 Å². The number of nitrogens with one attached hydrogen (secondary N) is 1. The van der Waals surface area contributed by atoms with Crippen LogP contribution in [0.2, 0.25) is 0 Å². The van der Waals surface area contributed by atoms with Gasteiger partial charge >= 0.3 is 5.97 Å². The molecule has 0 unspecified atom stereocenters. The Balaban J connectivity index is 1.74. The summed E-state index contributed by atoms with van der Waals surface area (Å²) in [6.07, 6.45) is 0.755. The molecule has 114 valence electrons. The third-order valence-electron chi connectivity index (χ3n) is 3.73. The standard InChI is InChI=1S/C15H14N2O5/c1-8-6-11(16-12(18)7-8)15(21)22-17-13(19)9-4-2-3-5-10(9)14(17)20/h2-5,8,11H,6-7H2,1H3,(H,16,18)/t8-,11-/m1/s1. The quantitative estimate of drug-likeness (QED) is 0.810. The van der Waals surface area contributed by atoms with E-state index in [2.05, 4.69) is 5.32 Å². The average Bonchev–Trinajstić information content (AvgIpc) is 2.72. The lowest BCUT2D eigenvalue weighted by molar-refractivity contribution is -0.173. The highest BCUT2D eigenvalue weighted by atomic mass is 16.7. The molecule has 0 saturated carbocycles. The lowest BCUT2D eigenvalue weighted by Crippen LogP contribution is -2.49. The maximum Gasteiger partial charge on any atom is 0.355 e. The van der Waals surface area contributed by atoms with E-state index in [0.29, 0.717) is 17.9 Å². The Kier molecular flexibility index (Phi) is 3.40. The summed E-state index contributed by atoms with van der Waals surface area (Å²) >= 11 is 0. The molecule has 2 aliphatic rings. The molecule has 7 heteroatoms. The minimum atomic E-state index is -0.847. The number of imide groups is 1. The molecule has 1 aromatic rings. The molecule has 3 rings (SSSR count). The first-order chi connectivity index (χ1) is 10.5. The van der Waals surface area contributed by atoms with Crippen LogP contribution in [-0.4, -0.2) is 34.8 Å². The van der Waals surface area contributed by atoms with Crippen molar-refractivity contribution < 1.29 is 24.0 Å². The van der Waals surface area contributed by atoms with Gasteiger partial charge in [-0.15, -0.1) is 0 Å². The van der Waals surface area contributed by atoms with Gasteiger partial charge in [0.05, 0.1) is 11.1 Å². The van der Waals surface area contributed by atoms with E-state index >= 15 is 0 Å². The van der Waals surface area contributed by atoms with Gasteiger partial charge in [-0.2, -0.15) is 0 Å². The molecule has 2 heterocycles. The predicted octanol–water partition coefficient (Wildman–Crippen LogP) is 0.655. The number of hydrogen-bond acceptors (Lipinski definition) is 5. The number of benzene rings is 1. The van der Waals surface area contributed by atoms with Gasteiger partial charge in [-0.3, -0.25) is 14.4 Å². The van der Waals surface area contributed by atoms with Crippen molar-refractivity contribution in [1.29, 1.82) is 0 Å². The van der Waals surface area contributed by atoms with E-state index < -0.39 is 23.8 Å². The van der Waals surface area contributed by atoms with Crippen molar-refractivity contribution in [3.05, 3.63) is 35.4 Å². The van der Waals surface area contributed by atoms with Crippen LogP contribution in [0.3, 0.4) is 0 Å². The molecule has 2 aliphatic heterocycles. The largest absolute Gasteiger partial charge is 0.355 e. The summed E-state index contributed by atoms with van der Waals surface area (Å²) in [5, 5.41) is 2.97. The lowest BCUT2D eigenvalue weighted by atomic mass is 9.94. The third-order valence-corrected chi connectivity index (χ3v) is 3.73. The van der Waals surface area contributed by atoms with Crippen LogP contribution in [-0.2, 0) is 14.4 Å². The summed E-state index contributed by atoms with van der Waals surface area (Å²) in [5.41, 5.74) is 0.391. The number of carbonyl (C=O) groups excluding carboxylic acids is 4. The molecule has 0 aromatic heterocycles. The molecule has 0 bridgehead atoms. The van der Waals surface area contributed by atoms with Gasteiger partial charge < -0.3 is 10.2 Å². The van der Waals surface area contributed by atoms with Crippen molar-refractivity contribution >= 4 is 23.7 Å². The molecule has 0 aliphatic carbocycles. The number of piperidine rings is 1. The zero-order valence-corrected chi connectivity index (χ0v) is 11.9. The summed E-state index contributed by atoms with van der Waals surface area (Å²) in [6.45, 7) is 1.85. The predicted molar refractivity (Wildman–Crippen MR) is 73.4 cm³/mol. The maximum atomic E-state index is 12.1. The van der Waals surface area contributed by atoms with Crippen molar-refractivity contribution in [2.45, 2.75) is 25.8 Å². The fourth-order valence-corrected chi connectivity index (χ4v) is 2.67. The smallest absolute Gasteiger partial charge is 0.343 e. The van der Waals surface area contributed by atoms with Gasteiger partial charge in [0.2, 0.25) is 5.91 Å². The SMILES string of the molecule is C[C@H]1CC(=O)N[C@@H](C(=O)ON2C(=O)c3ccccc3C2=O)C1. The van der Waals surface area contributed by atoms with E-state index in [0.717, 1.165) is 0 Å². The molecule has 7 nitrogen and oxygen atoms in total. The Morgan fingerprint density at radius 2 is 1.77 bits per heavy atom. The molecule has 1 fully saturated rings. The Bertz CT molecular complexity index is 649.